The molecule has 1 aromatic carbocycles. The van der Waals surface area contributed by atoms with Crippen molar-refractivity contribution >= 4 is 11.6 Å². The fraction of sp³-hybridized carbons (Fsp3) is 0.667. The number of ether oxygens (including phenoxy) is 1. The number of hydrogen-bond donors (Lipinski definition) is 1. The number of hydrogen-bond acceptors (Lipinski definition) is 2. The minimum Gasteiger partial charge on any atom is -0.375 e. The van der Waals surface area contributed by atoms with Gasteiger partial charge in [-0.05, 0) is 50.3 Å². The molecule has 2 fully saturated rings. The van der Waals surface area contributed by atoms with E-state index in [1.54, 1.807) is 0 Å². The van der Waals surface area contributed by atoms with Crippen LogP contribution in [0.1, 0.15) is 63.5 Å². The Labute approximate surface area is 133 Å². The molecule has 2 aliphatic rings. The standard InChI is InChI=1S/C18H26ClNO/c1-14(15-5-7-16(19)8-6-15)20-17-9-12-21-18(13-17)10-3-2-4-11-18/h5-8,14,17,20H,2-4,9-13H2,1H3/t14-,17?/m0/s1. The summed E-state index contributed by atoms with van der Waals surface area (Å²) in [5.74, 6) is 0. The maximum Gasteiger partial charge on any atom is 0.0697 e. The van der Waals surface area contributed by atoms with Crippen LogP contribution in [0, 0.1) is 0 Å². The highest BCUT2D eigenvalue weighted by Crippen LogP contribution is 2.39. The number of nitrogens with one attached hydrogen (secondary N) is 1. The molecule has 0 radical (unpaired) electrons. The molecule has 116 valence electrons. The van der Waals surface area contributed by atoms with Crippen LogP contribution in [0.3, 0.4) is 0 Å². The van der Waals surface area contributed by atoms with Gasteiger partial charge in [0, 0.05) is 23.7 Å². The zero-order chi connectivity index (χ0) is 14.7. The summed E-state index contributed by atoms with van der Waals surface area (Å²) in [4.78, 5) is 0. The normalized spacial score (nSPS) is 26.7. The molecule has 2 nitrogen and oxygen atoms in total. The van der Waals surface area contributed by atoms with Crippen molar-refractivity contribution in [3.05, 3.63) is 34.9 Å². The lowest BCUT2D eigenvalue weighted by Crippen LogP contribution is -2.48. The molecule has 1 aliphatic carbocycles. The summed E-state index contributed by atoms with van der Waals surface area (Å²) in [7, 11) is 0. The van der Waals surface area contributed by atoms with Crippen molar-refractivity contribution in [2.24, 2.45) is 0 Å². The summed E-state index contributed by atoms with van der Waals surface area (Å²) in [5, 5.41) is 4.61. The monoisotopic (exact) mass is 307 g/mol. The molecule has 1 heterocycles. The Balaban J connectivity index is 1.60. The van der Waals surface area contributed by atoms with Gasteiger partial charge in [0.05, 0.1) is 5.60 Å². The van der Waals surface area contributed by atoms with E-state index in [-0.39, 0.29) is 5.60 Å². The van der Waals surface area contributed by atoms with Gasteiger partial charge in [0.1, 0.15) is 0 Å². The maximum atomic E-state index is 6.18. The van der Waals surface area contributed by atoms with Crippen molar-refractivity contribution in [2.45, 2.75) is 69.6 Å². The summed E-state index contributed by atoms with van der Waals surface area (Å²) in [6.07, 6.45) is 8.84. The molecule has 1 saturated heterocycles. The Kier molecular flexibility index (Phi) is 4.88. The largest absolute Gasteiger partial charge is 0.375 e. The Morgan fingerprint density at radius 3 is 2.62 bits per heavy atom. The molecule has 1 N–H and O–H groups in total. The second kappa shape index (κ2) is 6.68. The minimum atomic E-state index is 0.174. The van der Waals surface area contributed by atoms with Crippen LogP contribution in [0.25, 0.3) is 0 Å². The number of rotatable bonds is 3. The SMILES string of the molecule is C[C@H](NC1CCOC2(CCCCC2)C1)c1ccc(Cl)cc1. The molecule has 0 aromatic heterocycles. The zero-order valence-corrected chi connectivity index (χ0v) is 13.7. The number of halogens is 1. The van der Waals surface area contributed by atoms with Gasteiger partial charge in [-0.1, -0.05) is 43.0 Å². The molecule has 21 heavy (non-hydrogen) atoms. The predicted octanol–water partition coefficient (Wildman–Crippen LogP) is 4.87. The van der Waals surface area contributed by atoms with Gasteiger partial charge in [0.15, 0.2) is 0 Å². The van der Waals surface area contributed by atoms with Crippen molar-refractivity contribution in [2.75, 3.05) is 6.61 Å². The van der Waals surface area contributed by atoms with Crippen LogP contribution in [0.5, 0.6) is 0 Å². The quantitative estimate of drug-likeness (QED) is 0.860. The molecule has 0 amide bonds. The zero-order valence-electron chi connectivity index (χ0n) is 12.9. The summed E-state index contributed by atoms with van der Waals surface area (Å²) in [6, 6.07) is 9.13. The van der Waals surface area contributed by atoms with Crippen molar-refractivity contribution in [1.82, 2.24) is 5.32 Å². The van der Waals surface area contributed by atoms with Gasteiger partial charge < -0.3 is 10.1 Å². The molecule has 1 spiro atoms. The van der Waals surface area contributed by atoms with Crippen molar-refractivity contribution in [1.29, 1.82) is 0 Å². The molecule has 1 aromatic rings. The van der Waals surface area contributed by atoms with Crippen LogP contribution in [0.2, 0.25) is 5.02 Å². The van der Waals surface area contributed by atoms with E-state index in [1.165, 1.54) is 44.1 Å². The lowest BCUT2D eigenvalue weighted by atomic mass is 9.78. The fourth-order valence-electron chi connectivity index (χ4n) is 3.92. The van der Waals surface area contributed by atoms with Gasteiger partial charge in [0.2, 0.25) is 0 Å². The van der Waals surface area contributed by atoms with Crippen molar-refractivity contribution < 1.29 is 4.74 Å². The number of benzene rings is 1. The second-order valence-electron chi connectivity index (χ2n) is 6.72. The second-order valence-corrected chi connectivity index (χ2v) is 7.16. The van der Waals surface area contributed by atoms with E-state index in [0.717, 1.165) is 18.1 Å². The molecule has 2 atom stereocenters. The first-order valence-corrected chi connectivity index (χ1v) is 8.70. The highest BCUT2D eigenvalue weighted by atomic mass is 35.5. The van der Waals surface area contributed by atoms with Crippen LogP contribution in [-0.4, -0.2) is 18.2 Å². The van der Waals surface area contributed by atoms with Crippen molar-refractivity contribution in [3.63, 3.8) is 0 Å². The van der Waals surface area contributed by atoms with E-state index < -0.39 is 0 Å². The Hall–Kier alpha value is -0.570. The smallest absolute Gasteiger partial charge is 0.0697 e. The van der Waals surface area contributed by atoms with Crippen LogP contribution < -0.4 is 5.32 Å². The molecule has 1 unspecified atom stereocenters. The summed E-state index contributed by atoms with van der Waals surface area (Å²) in [5.41, 5.74) is 1.48. The molecule has 1 saturated carbocycles. The van der Waals surface area contributed by atoms with Gasteiger partial charge in [-0.3, -0.25) is 0 Å². The fourth-order valence-corrected chi connectivity index (χ4v) is 4.04. The Morgan fingerprint density at radius 2 is 1.90 bits per heavy atom. The topological polar surface area (TPSA) is 21.3 Å². The van der Waals surface area contributed by atoms with E-state index in [9.17, 15) is 0 Å². The van der Waals surface area contributed by atoms with Crippen molar-refractivity contribution in [3.8, 4) is 0 Å². The third-order valence-corrected chi connectivity index (χ3v) is 5.37. The lowest BCUT2D eigenvalue weighted by Gasteiger charge is -2.44. The third-order valence-electron chi connectivity index (χ3n) is 5.11. The molecule has 3 heteroatoms. The lowest BCUT2D eigenvalue weighted by molar-refractivity contribution is -0.110. The van der Waals surface area contributed by atoms with Crippen LogP contribution >= 0.6 is 11.6 Å². The average molecular weight is 308 g/mol. The molecule has 3 rings (SSSR count). The Bertz CT molecular complexity index is 447. The molecular formula is C18H26ClNO. The van der Waals surface area contributed by atoms with E-state index in [0.29, 0.717) is 12.1 Å². The predicted molar refractivity (Wildman–Crippen MR) is 87.8 cm³/mol. The Morgan fingerprint density at radius 1 is 1.19 bits per heavy atom. The van der Waals surface area contributed by atoms with E-state index in [4.69, 9.17) is 16.3 Å². The summed E-state index contributed by atoms with van der Waals surface area (Å²) < 4.78 is 6.18. The average Bonchev–Trinajstić information content (AvgIpc) is 2.49. The summed E-state index contributed by atoms with van der Waals surface area (Å²) >= 11 is 5.97. The van der Waals surface area contributed by atoms with E-state index >= 15 is 0 Å². The molecule has 0 bridgehead atoms. The van der Waals surface area contributed by atoms with Gasteiger partial charge >= 0.3 is 0 Å². The van der Waals surface area contributed by atoms with Crippen LogP contribution in [-0.2, 0) is 4.74 Å². The van der Waals surface area contributed by atoms with Gasteiger partial charge in [-0.2, -0.15) is 0 Å². The third kappa shape index (κ3) is 3.80. The van der Waals surface area contributed by atoms with E-state index in [1.807, 2.05) is 12.1 Å². The first kappa shape index (κ1) is 15.3. The van der Waals surface area contributed by atoms with Gasteiger partial charge in [-0.15, -0.1) is 0 Å². The first-order chi connectivity index (χ1) is 10.2. The van der Waals surface area contributed by atoms with Gasteiger partial charge in [0.25, 0.3) is 0 Å². The molecule has 1 aliphatic heterocycles. The summed E-state index contributed by atoms with van der Waals surface area (Å²) in [6.45, 7) is 3.15. The highest BCUT2D eigenvalue weighted by Gasteiger charge is 2.38. The molecular weight excluding hydrogens is 282 g/mol. The van der Waals surface area contributed by atoms with E-state index in [2.05, 4.69) is 24.4 Å². The first-order valence-electron chi connectivity index (χ1n) is 8.32. The maximum absolute atomic E-state index is 6.18. The minimum absolute atomic E-state index is 0.174. The highest BCUT2D eigenvalue weighted by molar-refractivity contribution is 6.30. The van der Waals surface area contributed by atoms with Crippen LogP contribution in [0.4, 0.5) is 0 Å². The van der Waals surface area contributed by atoms with Gasteiger partial charge in [-0.25, -0.2) is 0 Å². The van der Waals surface area contributed by atoms with Crippen LogP contribution in [0.15, 0.2) is 24.3 Å².